The highest BCUT2D eigenvalue weighted by atomic mass is 14.3. The summed E-state index contributed by atoms with van der Waals surface area (Å²) < 4.78 is 0. The van der Waals surface area contributed by atoms with Gasteiger partial charge in [0, 0.05) is 0 Å². The first-order valence-electron chi connectivity index (χ1n) is 11.3. The van der Waals surface area contributed by atoms with Crippen LogP contribution in [0.15, 0.2) is 97.1 Å². The van der Waals surface area contributed by atoms with Crippen LogP contribution in [0.3, 0.4) is 0 Å². The van der Waals surface area contributed by atoms with E-state index >= 15 is 0 Å². The van der Waals surface area contributed by atoms with Crippen molar-refractivity contribution in [3.05, 3.63) is 97.1 Å². The first-order valence-corrected chi connectivity index (χ1v) is 11.3. The lowest BCUT2D eigenvalue weighted by molar-refractivity contribution is 1.80. The normalized spacial score (nSPS) is 13.0. The second kappa shape index (κ2) is 5.00. The Morgan fingerprint density at radius 3 is 0.781 bits per heavy atom. The molecule has 0 aliphatic carbocycles. The highest BCUT2D eigenvalue weighted by molar-refractivity contribution is 6.50. The molecule has 0 atom stereocenters. The number of hydrogen-bond acceptors (Lipinski definition) is 0. The van der Waals surface area contributed by atoms with Crippen molar-refractivity contribution in [2.24, 2.45) is 0 Å². The van der Waals surface area contributed by atoms with Crippen molar-refractivity contribution in [1.82, 2.24) is 0 Å². The van der Waals surface area contributed by atoms with Crippen LogP contribution in [0.25, 0.3) is 86.2 Å². The molecule has 9 aromatic rings. The minimum absolute atomic E-state index is 1.34. The second-order valence-electron chi connectivity index (χ2n) is 9.24. The van der Waals surface area contributed by atoms with Crippen molar-refractivity contribution in [2.75, 3.05) is 0 Å². The molecule has 0 aromatic heterocycles. The van der Waals surface area contributed by atoms with Crippen molar-refractivity contribution in [2.45, 2.75) is 0 Å². The summed E-state index contributed by atoms with van der Waals surface area (Å²) in [5.41, 5.74) is 0. The molecule has 0 unspecified atom stereocenters. The minimum atomic E-state index is 1.34. The molecule has 9 rings (SSSR count). The Morgan fingerprint density at radius 1 is 0.219 bits per heavy atom. The third-order valence-corrected chi connectivity index (χ3v) is 7.89. The average Bonchev–Trinajstić information content (AvgIpc) is 2.87. The third kappa shape index (κ3) is 1.54. The molecule has 9 aromatic carbocycles. The average molecular weight is 400 g/mol. The minimum Gasteiger partial charge on any atom is -0.0616 e. The van der Waals surface area contributed by atoms with Gasteiger partial charge >= 0.3 is 0 Å². The monoisotopic (exact) mass is 400 g/mol. The van der Waals surface area contributed by atoms with Gasteiger partial charge in [-0.3, -0.25) is 0 Å². The van der Waals surface area contributed by atoms with Gasteiger partial charge in [0.25, 0.3) is 0 Å². The topological polar surface area (TPSA) is 0 Å². The van der Waals surface area contributed by atoms with Crippen LogP contribution >= 0.6 is 0 Å². The quantitative estimate of drug-likeness (QED) is 0.176. The second-order valence-corrected chi connectivity index (χ2v) is 9.24. The molecule has 0 aliphatic heterocycles. The lowest BCUT2D eigenvalue weighted by Gasteiger charge is -2.23. The summed E-state index contributed by atoms with van der Waals surface area (Å²) >= 11 is 0. The molecule has 0 saturated heterocycles. The molecule has 0 heterocycles. The summed E-state index contributed by atoms with van der Waals surface area (Å²) in [6.07, 6.45) is 0. The van der Waals surface area contributed by atoms with Crippen molar-refractivity contribution in [3.63, 3.8) is 0 Å². The molecule has 0 N–H and O–H groups in total. The van der Waals surface area contributed by atoms with Crippen LogP contribution in [0.2, 0.25) is 0 Å². The van der Waals surface area contributed by atoms with E-state index in [1.807, 2.05) is 0 Å². The standard InChI is InChI=1S/C32H16/c1-2-6-20-19(5-1)23-13-9-17-11-15-25-21-7-3-4-8-22(21)26-16-12-18-10-14-24(20)30-28(18)32(26)31(25)27(17)29(23)30/h1-16H. The predicted octanol–water partition coefficient (Wildman–Crippen LogP) is 9.23. The van der Waals surface area contributed by atoms with Gasteiger partial charge in [0.2, 0.25) is 0 Å². The van der Waals surface area contributed by atoms with Crippen LogP contribution in [0.1, 0.15) is 0 Å². The third-order valence-electron chi connectivity index (χ3n) is 7.89. The van der Waals surface area contributed by atoms with E-state index in [0.29, 0.717) is 0 Å². The summed E-state index contributed by atoms with van der Waals surface area (Å²) in [5.74, 6) is 0. The fraction of sp³-hybridized carbons (Fsp3) is 0. The number of fused-ring (bicyclic) bond motifs is 6. The Balaban J connectivity index is 1.83. The number of hydrogen-bond donors (Lipinski definition) is 0. The van der Waals surface area contributed by atoms with Gasteiger partial charge in [-0.15, -0.1) is 0 Å². The maximum atomic E-state index is 2.34. The van der Waals surface area contributed by atoms with Crippen molar-refractivity contribution in [3.8, 4) is 0 Å². The Labute approximate surface area is 183 Å². The molecule has 32 heavy (non-hydrogen) atoms. The molecule has 0 saturated carbocycles. The first kappa shape index (κ1) is 15.6. The van der Waals surface area contributed by atoms with Crippen LogP contribution in [0.5, 0.6) is 0 Å². The van der Waals surface area contributed by atoms with Crippen molar-refractivity contribution in [1.29, 1.82) is 0 Å². The lowest BCUT2D eigenvalue weighted by atomic mass is 9.80. The zero-order chi connectivity index (χ0) is 20.6. The lowest BCUT2D eigenvalue weighted by Crippen LogP contribution is -1.94. The fourth-order valence-electron chi connectivity index (χ4n) is 6.68. The molecule has 0 aliphatic rings. The van der Waals surface area contributed by atoms with Gasteiger partial charge < -0.3 is 0 Å². The van der Waals surface area contributed by atoms with E-state index in [1.165, 1.54) is 86.2 Å². The van der Waals surface area contributed by atoms with E-state index in [9.17, 15) is 0 Å². The van der Waals surface area contributed by atoms with E-state index in [2.05, 4.69) is 97.1 Å². The van der Waals surface area contributed by atoms with Crippen LogP contribution < -0.4 is 0 Å². The molecule has 0 radical (unpaired) electrons. The summed E-state index contributed by atoms with van der Waals surface area (Å²) in [6.45, 7) is 0. The molecule has 0 spiro atoms. The zero-order valence-corrected chi connectivity index (χ0v) is 17.2. The van der Waals surface area contributed by atoms with Crippen LogP contribution in [0, 0.1) is 0 Å². The van der Waals surface area contributed by atoms with Gasteiger partial charge in [-0.05, 0) is 86.2 Å². The van der Waals surface area contributed by atoms with Crippen LogP contribution in [-0.4, -0.2) is 0 Å². The molecule has 0 heteroatoms. The summed E-state index contributed by atoms with van der Waals surface area (Å²) in [4.78, 5) is 0. The molecule has 0 amide bonds. The van der Waals surface area contributed by atoms with Crippen molar-refractivity contribution < 1.29 is 0 Å². The van der Waals surface area contributed by atoms with Crippen LogP contribution in [0.4, 0.5) is 0 Å². The van der Waals surface area contributed by atoms with E-state index in [-0.39, 0.29) is 0 Å². The number of rotatable bonds is 0. The molecular weight excluding hydrogens is 384 g/mol. The highest BCUT2D eigenvalue weighted by Gasteiger charge is 2.23. The van der Waals surface area contributed by atoms with Gasteiger partial charge in [-0.2, -0.15) is 0 Å². The fourth-order valence-corrected chi connectivity index (χ4v) is 6.68. The van der Waals surface area contributed by atoms with Gasteiger partial charge in [-0.25, -0.2) is 0 Å². The smallest absolute Gasteiger partial charge is 0.000740 e. The van der Waals surface area contributed by atoms with Crippen LogP contribution in [-0.2, 0) is 0 Å². The van der Waals surface area contributed by atoms with Crippen molar-refractivity contribution >= 4 is 86.2 Å². The van der Waals surface area contributed by atoms with E-state index < -0.39 is 0 Å². The van der Waals surface area contributed by atoms with Gasteiger partial charge in [0.15, 0.2) is 0 Å². The molecule has 0 fully saturated rings. The Hall–Kier alpha value is -4.16. The van der Waals surface area contributed by atoms with E-state index in [0.717, 1.165) is 0 Å². The molecule has 0 nitrogen and oxygen atoms in total. The maximum Gasteiger partial charge on any atom is -0.000740 e. The van der Waals surface area contributed by atoms with E-state index in [1.54, 1.807) is 0 Å². The zero-order valence-electron chi connectivity index (χ0n) is 17.2. The van der Waals surface area contributed by atoms with E-state index in [4.69, 9.17) is 0 Å². The highest BCUT2D eigenvalue weighted by Crippen LogP contribution is 2.52. The summed E-state index contributed by atoms with van der Waals surface area (Å²) in [7, 11) is 0. The SMILES string of the molecule is c1ccc2c(c1)c1ccc3ccc4c5ccccc5c5ccc6ccc2c2c6c5c4c3c12. The van der Waals surface area contributed by atoms with Gasteiger partial charge in [0.05, 0.1) is 0 Å². The Kier molecular flexibility index (Phi) is 2.44. The maximum absolute atomic E-state index is 2.34. The summed E-state index contributed by atoms with van der Waals surface area (Å²) in [5, 5.41) is 22.2. The number of benzene rings is 9. The molecule has 0 bridgehead atoms. The predicted molar refractivity (Wildman–Crippen MR) is 140 cm³/mol. The molecular formula is C32H16. The Bertz CT molecular complexity index is 1870. The summed E-state index contributed by atoms with van der Waals surface area (Å²) in [6, 6.07) is 36.5. The van der Waals surface area contributed by atoms with Gasteiger partial charge in [-0.1, -0.05) is 97.1 Å². The molecule has 144 valence electrons. The van der Waals surface area contributed by atoms with Gasteiger partial charge in [0.1, 0.15) is 0 Å². The largest absolute Gasteiger partial charge is 0.0616 e. The Morgan fingerprint density at radius 2 is 0.500 bits per heavy atom. The first-order chi connectivity index (χ1) is 15.9.